The average Bonchev–Trinajstić information content (AvgIpc) is 3.01. The molecule has 1 aliphatic carbocycles. The third-order valence-corrected chi connectivity index (χ3v) is 8.17. The lowest BCUT2D eigenvalue weighted by Crippen LogP contribution is -2.70. The van der Waals surface area contributed by atoms with Crippen molar-refractivity contribution in [3.63, 3.8) is 0 Å². The summed E-state index contributed by atoms with van der Waals surface area (Å²) >= 11 is 0. The Morgan fingerprint density at radius 1 is 1.10 bits per heavy atom. The third-order valence-electron chi connectivity index (χ3n) is 8.17. The van der Waals surface area contributed by atoms with Gasteiger partial charge in [0.25, 0.3) is 0 Å². The zero-order valence-corrected chi connectivity index (χ0v) is 18.8. The molecule has 1 aromatic carbocycles. The van der Waals surface area contributed by atoms with Gasteiger partial charge in [-0.05, 0) is 68.9 Å². The zero-order chi connectivity index (χ0) is 21.6. The van der Waals surface area contributed by atoms with Gasteiger partial charge in [0.2, 0.25) is 5.79 Å². The van der Waals surface area contributed by atoms with E-state index in [2.05, 4.69) is 13.8 Å². The minimum atomic E-state index is -0.742. The maximum Gasteiger partial charge on any atom is 0.338 e. The Bertz CT molecular complexity index is 798. The molecule has 0 aromatic heterocycles. The van der Waals surface area contributed by atoms with Crippen LogP contribution in [0.3, 0.4) is 0 Å². The van der Waals surface area contributed by atoms with Gasteiger partial charge in [-0.15, -0.1) is 0 Å². The molecule has 4 saturated heterocycles. The van der Waals surface area contributed by atoms with Crippen LogP contribution < -0.4 is 0 Å². The van der Waals surface area contributed by atoms with E-state index < -0.39 is 17.7 Å². The van der Waals surface area contributed by atoms with E-state index in [1.54, 1.807) is 12.1 Å². The number of ether oxygens (including phenoxy) is 3. The zero-order valence-electron chi connectivity index (χ0n) is 18.8. The van der Waals surface area contributed by atoms with Crippen molar-refractivity contribution in [2.24, 2.45) is 23.7 Å². The van der Waals surface area contributed by atoms with E-state index in [0.29, 0.717) is 35.8 Å². The Morgan fingerprint density at radius 2 is 1.90 bits per heavy atom. The minimum absolute atomic E-state index is 0.0525. The number of esters is 1. The van der Waals surface area contributed by atoms with Gasteiger partial charge in [0.15, 0.2) is 11.9 Å². The van der Waals surface area contributed by atoms with Crippen LogP contribution in [0.2, 0.25) is 0 Å². The fourth-order valence-corrected chi connectivity index (χ4v) is 6.42. The summed E-state index contributed by atoms with van der Waals surface area (Å²) in [6.07, 6.45) is 5.40. The summed E-state index contributed by atoms with van der Waals surface area (Å²) in [6, 6.07) is 9.12. The standard InChI is InChI=1S/C25H34O6/c1-16-11-12-20-17(2)21(10-7-15-27-22(26)18-8-5-4-6-9-18)28-23-25(20)19(16)13-14-24(3,29-23)30-31-25/h4-6,8-9,16-17,19-21,23H,7,10-15H2,1-3H3/t16-,17-,19+,20+,21-,23?,24?,25-/m1/s1. The van der Waals surface area contributed by atoms with Crippen LogP contribution in [0.4, 0.5) is 0 Å². The van der Waals surface area contributed by atoms with Crippen molar-refractivity contribution in [2.75, 3.05) is 6.61 Å². The van der Waals surface area contributed by atoms with Gasteiger partial charge in [0, 0.05) is 12.3 Å². The minimum Gasteiger partial charge on any atom is -0.462 e. The van der Waals surface area contributed by atoms with E-state index >= 15 is 0 Å². The number of hydrogen-bond acceptors (Lipinski definition) is 6. The van der Waals surface area contributed by atoms with Crippen LogP contribution in [0, 0.1) is 23.7 Å². The third kappa shape index (κ3) is 3.62. The normalized spacial score (nSPS) is 43.7. The van der Waals surface area contributed by atoms with E-state index in [-0.39, 0.29) is 12.1 Å². The summed E-state index contributed by atoms with van der Waals surface area (Å²) in [7, 11) is 0. The predicted octanol–water partition coefficient (Wildman–Crippen LogP) is 4.87. The molecule has 4 heterocycles. The lowest BCUT2D eigenvalue weighted by atomic mass is 9.57. The Balaban J connectivity index is 1.25. The Kier molecular flexibility index (Phi) is 5.62. The van der Waals surface area contributed by atoms with Crippen molar-refractivity contribution in [2.45, 2.75) is 83.1 Å². The second-order valence-corrected chi connectivity index (χ2v) is 10.1. The first kappa shape index (κ1) is 21.4. The largest absolute Gasteiger partial charge is 0.462 e. The summed E-state index contributed by atoms with van der Waals surface area (Å²) in [4.78, 5) is 24.2. The molecule has 6 nitrogen and oxygen atoms in total. The highest BCUT2D eigenvalue weighted by Crippen LogP contribution is 2.60. The molecule has 1 aromatic rings. The molecule has 170 valence electrons. The molecule has 0 radical (unpaired) electrons. The second-order valence-electron chi connectivity index (χ2n) is 10.1. The number of carbonyl (C=O) groups excluding carboxylic acids is 1. The van der Waals surface area contributed by atoms with Gasteiger partial charge in [-0.1, -0.05) is 32.0 Å². The summed E-state index contributed by atoms with van der Waals surface area (Å²) in [5.74, 6) is 0.599. The quantitative estimate of drug-likeness (QED) is 0.377. The van der Waals surface area contributed by atoms with Gasteiger partial charge < -0.3 is 14.2 Å². The first-order valence-corrected chi connectivity index (χ1v) is 11.9. The van der Waals surface area contributed by atoms with Crippen molar-refractivity contribution in [3.05, 3.63) is 35.9 Å². The molecule has 0 N–H and O–H groups in total. The molecule has 5 aliphatic rings. The number of carbonyl (C=O) groups is 1. The summed E-state index contributed by atoms with van der Waals surface area (Å²) in [5, 5.41) is 0. The van der Waals surface area contributed by atoms with Crippen LogP contribution in [0.5, 0.6) is 0 Å². The van der Waals surface area contributed by atoms with Crippen LogP contribution in [-0.4, -0.2) is 36.4 Å². The molecule has 2 bridgehead atoms. The van der Waals surface area contributed by atoms with Gasteiger partial charge >= 0.3 is 5.97 Å². The average molecular weight is 431 g/mol. The fraction of sp³-hybridized carbons (Fsp3) is 0.720. The molecular formula is C25H34O6. The molecule has 4 aliphatic heterocycles. The molecule has 0 amide bonds. The van der Waals surface area contributed by atoms with E-state index in [0.717, 1.165) is 32.1 Å². The topological polar surface area (TPSA) is 63.2 Å². The van der Waals surface area contributed by atoms with Crippen molar-refractivity contribution in [1.82, 2.24) is 0 Å². The SMILES string of the molecule is C[C@H]1[C@@H](CCCOC(=O)c2ccccc2)OC2OC3(C)CC[C@H]4[C@H](C)CC[C@@H]1[C@@]24OO3. The van der Waals surface area contributed by atoms with Crippen LogP contribution in [-0.2, 0) is 24.0 Å². The van der Waals surface area contributed by atoms with Crippen LogP contribution >= 0.6 is 0 Å². The van der Waals surface area contributed by atoms with Gasteiger partial charge in [0.1, 0.15) is 0 Å². The first-order valence-electron chi connectivity index (χ1n) is 11.9. The van der Waals surface area contributed by atoms with Crippen molar-refractivity contribution in [1.29, 1.82) is 0 Å². The van der Waals surface area contributed by atoms with Crippen LogP contribution in [0.1, 0.15) is 69.7 Å². The molecule has 1 spiro atoms. The lowest BCUT2D eigenvalue weighted by Gasteiger charge is -2.60. The highest BCUT2D eigenvalue weighted by atomic mass is 17.3. The maximum absolute atomic E-state index is 12.2. The van der Waals surface area contributed by atoms with Gasteiger partial charge in [-0.2, -0.15) is 0 Å². The Hall–Kier alpha value is -1.47. The summed E-state index contributed by atoms with van der Waals surface area (Å²) in [6.45, 7) is 6.94. The number of benzene rings is 1. The van der Waals surface area contributed by atoms with Crippen LogP contribution in [0.15, 0.2) is 30.3 Å². The molecule has 31 heavy (non-hydrogen) atoms. The van der Waals surface area contributed by atoms with E-state index in [1.807, 2.05) is 25.1 Å². The Morgan fingerprint density at radius 3 is 2.71 bits per heavy atom. The molecule has 8 atom stereocenters. The van der Waals surface area contributed by atoms with Crippen molar-refractivity contribution in [3.8, 4) is 0 Å². The fourth-order valence-electron chi connectivity index (χ4n) is 6.42. The molecule has 2 unspecified atom stereocenters. The predicted molar refractivity (Wildman–Crippen MR) is 113 cm³/mol. The first-order chi connectivity index (χ1) is 14.9. The van der Waals surface area contributed by atoms with Gasteiger partial charge in [0.05, 0.1) is 18.3 Å². The Labute approximate surface area is 184 Å². The van der Waals surface area contributed by atoms with E-state index in [4.69, 9.17) is 24.0 Å². The summed E-state index contributed by atoms with van der Waals surface area (Å²) in [5.41, 5.74) is 0.0750. The monoisotopic (exact) mass is 430 g/mol. The summed E-state index contributed by atoms with van der Waals surface area (Å²) < 4.78 is 18.5. The van der Waals surface area contributed by atoms with Crippen LogP contribution in [0.25, 0.3) is 0 Å². The van der Waals surface area contributed by atoms with E-state index in [9.17, 15) is 4.79 Å². The molecule has 1 saturated carbocycles. The maximum atomic E-state index is 12.2. The molecular weight excluding hydrogens is 396 g/mol. The molecule has 5 fully saturated rings. The second kappa shape index (κ2) is 8.14. The van der Waals surface area contributed by atoms with Gasteiger partial charge in [-0.3, -0.25) is 0 Å². The lowest BCUT2D eigenvalue weighted by molar-refractivity contribution is -0.571. The molecule has 6 rings (SSSR count). The van der Waals surface area contributed by atoms with Crippen molar-refractivity contribution >= 4 is 5.97 Å². The highest BCUT2D eigenvalue weighted by molar-refractivity contribution is 5.89. The smallest absolute Gasteiger partial charge is 0.338 e. The number of fused-ring (bicyclic) bond motifs is 2. The number of rotatable bonds is 5. The highest BCUT2D eigenvalue weighted by Gasteiger charge is 2.69. The van der Waals surface area contributed by atoms with Gasteiger partial charge in [-0.25, -0.2) is 14.6 Å². The molecule has 6 heteroatoms. The van der Waals surface area contributed by atoms with Crippen molar-refractivity contribution < 1.29 is 28.8 Å². The van der Waals surface area contributed by atoms with E-state index in [1.165, 1.54) is 6.42 Å². The number of hydrogen-bond donors (Lipinski definition) is 0.